The number of hydrogen-bond donors (Lipinski definition) is 1. The highest BCUT2D eigenvalue weighted by Crippen LogP contribution is 2.29. The average molecular weight is 230 g/mol. The topological polar surface area (TPSA) is 33.4 Å². The van der Waals surface area contributed by atoms with Gasteiger partial charge in [-0.2, -0.15) is 0 Å². The zero-order chi connectivity index (χ0) is 12.3. The van der Waals surface area contributed by atoms with Crippen molar-refractivity contribution in [3.63, 3.8) is 0 Å². The number of hydrogen-bond acceptors (Lipinski definition) is 2. The molecule has 1 aromatic heterocycles. The van der Waals surface area contributed by atoms with Gasteiger partial charge in [-0.15, -0.1) is 0 Å². The van der Waals surface area contributed by atoms with Crippen LogP contribution in [0.5, 0.6) is 0 Å². The van der Waals surface area contributed by atoms with Gasteiger partial charge in [-0.25, -0.2) is 0 Å². The number of furan rings is 1. The summed E-state index contributed by atoms with van der Waals surface area (Å²) >= 11 is 0. The average Bonchev–Trinajstić information content (AvgIpc) is 2.84. The highest BCUT2D eigenvalue weighted by atomic mass is 16.3. The molecule has 0 aliphatic heterocycles. The predicted molar refractivity (Wildman–Crippen MR) is 67.8 cm³/mol. The Kier molecular flexibility index (Phi) is 3.34. The van der Waals surface area contributed by atoms with Crippen molar-refractivity contribution < 1.29 is 9.52 Å². The number of aliphatic hydroxyl groups is 1. The summed E-state index contributed by atoms with van der Waals surface area (Å²) < 4.78 is 5.02. The van der Waals surface area contributed by atoms with Crippen LogP contribution in [0.2, 0.25) is 0 Å². The molecule has 1 atom stereocenters. The van der Waals surface area contributed by atoms with E-state index in [0.29, 0.717) is 0 Å². The maximum absolute atomic E-state index is 10.5. The van der Waals surface area contributed by atoms with Gasteiger partial charge in [0.1, 0.15) is 5.60 Å². The Labute approximate surface area is 102 Å². The van der Waals surface area contributed by atoms with E-state index in [1.807, 2.05) is 12.1 Å². The fourth-order valence-electron chi connectivity index (χ4n) is 1.99. The first-order valence-electron chi connectivity index (χ1n) is 5.99. The van der Waals surface area contributed by atoms with E-state index in [9.17, 15) is 5.11 Å². The van der Waals surface area contributed by atoms with Gasteiger partial charge in [0.2, 0.25) is 0 Å². The summed E-state index contributed by atoms with van der Waals surface area (Å²) in [5.41, 5.74) is 1.98. The smallest absolute Gasteiger partial charge is 0.115 e. The second-order valence-corrected chi connectivity index (χ2v) is 4.53. The minimum Gasteiger partial charge on any atom is -0.472 e. The first kappa shape index (κ1) is 11.9. The zero-order valence-electron chi connectivity index (χ0n) is 10.3. The van der Waals surface area contributed by atoms with Crippen LogP contribution in [0.15, 0.2) is 47.3 Å². The number of aryl methyl sites for hydroxylation is 1. The van der Waals surface area contributed by atoms with Gasteiger partial charge in [0, 0.05) is 5.56 Å². The molecule has 0 bridgehead atoms. The number of rotatable bonds is 4. The molecule has 2 heteroatoms. The molecule has 1 heterocycles. The molecule has 2 aromatic rings. The summed E-state index contributed by atoms with van der Waals surface area (Å²) in [6.45, 7) is 3.95. The van der Waals surface area contributed by atoms with Crippen molar-refractivity contribution in [2.45, 2.75) is 32.3 Å². The van der Waals surface area contributed by atoms with Crippen LogP contribution in [-0.2, 0) is 12.0 Å². The third-order valence-corrected chi connectivity index (χ3v) is 3.14. The minimum atomic E-state index is -0.988. The molecule has 90 valence electrons. The van der Waals surface area contributed by atoms with E-state index < -0.39 is 5.60 Å². The summed E-state index contributed by atoms with van der Waals surface area (Å²) in [4.78, 5) is 0. The minimum absolute atomic E-state index is 0.778. The Morgan fingerprint density at radius 2 is 1.82 bits per heavy atom. The first-order chi connectivity index (χ1) is 8.14. The van der Waals surface area contributed by atoms with Gasteiger partial charge in [-0.3, -0.25) is 0 Å². The molecule has 1 unspecified atom stereocenters. The monoisotopic (exact) mass is 230 g/mol. The third kappa shape index (κ3) is 2.42. The van der Waals surface area contributed by atoms with E-state index in [1.54, 1.807) is 25.5 Å². The van der Waals surface area contributed by atoms with E-state index in [1.165, 1.54) is 5.56 Å². The Morgan fingerprint density at radius 3 is 2.35 bits per heavy atom. The third-order valence-electron chi connectivity index (χ3n) is 3.14. The summed E-state index contributed by atoms with van der Waals surface area (Å²) in [6.07, 6.45) is 5.38. The van der Waals surface area contributed by atoms with Crippen LogP contribution in [0.25, 0.3) is 0 Å². The molecular formula is C15H18O2. The van der Waals surface area contributed by atoms with Crippen molar-refractivity contribution in [1.82, 2.24) is 0 Å². The van der Waals surface area contributed by atoms with Crippen LogP contribution in [0, 0.1) is 0 Å². The summed E-state index contributed by atoms with van der Waals surface area (Å²) in [7, 11) is 0. The van der Waals surface area contributed by atoms with Crippen LogP contribution in [0.3, 0.4) is 0 Å². The second-order valence-electron chi connectivity index (χ2n) is 4.53. The lowest BCUT2D eigenvalue weighted by atomic mass is 9.89. The Bertz CT molecular complexity index is 452. The second kappa shape index (κ2) is 4.76. The first-order valence-corrected chi connectivity index (χ1v) is 5.99. The fourth-order valence-corrected chi connectivity index (χ4v) is 1.99. The Hall–Kier alpha value is -1.54. The van der Waals surface area contributed by atoms with Gasteiger partial charge < -0.3 is 9.52 Å². The van der Waals surface area contributed by atoms with Crippen molar-refractivity contribution in [1.29, 1.82) is 0 Å². The highest BCUT2D eigenvalue weighted by Gasteiger charge is 2.26. The molecule has 0 aliphatic carbocycles. The van der Waals surface area contributed by atoms with Crippen LogP contribution < -0.4 is 0 Å². The normalized spacial score (nSPS) is 14.5. The van der Waals surface area contributed by atoms with E-state index in [2.05, 4.69) is 19.1 Å². The molecule has 17 heavy (non-hydrogen) atoms. The lowest BCUT2D eigenvalue weighted by molar-refractivity contribution is 0.101. The molecule has 0 saturated carbocycles. The predicted octanol–water partition coefficient (Wildman–Crippen LogP) is 3.49. The molecule has 2 rings (SSSR count). The maximum atomic E-state index is 10.5. The maximum Gasteiger partial charge on any atom is 0.115 e. The fraction of sp³-hybridized carbons (Fsp3) is 0.333. The number of benzene rings is 1. The summed E-state index contributed by atoms with van der Waals surface area (Å²) in [5.74, 6) is 0. The van der Waals surface area contributed by atoms with E-state index >= 15 is 0 Å². The van der Waals surface area contributed by atoms with E-state index in [0.717, 1.165) is 24.0 Å². The van der Waals surface area contributed by atoms with Crippen molar-refractivity contribution in [3.05, 3.63) is 59.5 Å². The van der Waals surface area contributed by atoms with Gasteiger partial charge in [-0.05, 0) is 30.5 Å². The molecular weight excluding hydrogens is 212 g/mol. The molecule has 1 aromatic carbocycles. The van der Waals surface area contributed by atoms with Gasteiger partial charge in [0.25, 0.3) is 0 Å². The largest absolute Gasteiger partial charge is 0.472 e. The van der Waals surface area contributed by atoms with Crippen LogP contribution in [0.1, 0.15) is 37.0 Å². The summed E-state index contributed by atoms with van der Waals surface area (Å²) in [6, 6.07) is 9.91. The van der Waals surface area contributed by atoms with Gasteiger partial charge in [0.05, 0.1) is 12.5 Å². The van der Waals surface area contributed by atoms with E-state index in [4.69, 9.17) is 4.42 Å². The Morgan fingerprint density at radius 1 is 1.12 bits per heavy atom. The van der Waals surface area contributed by atoms with Gasteiger partial charge in [0.15, 0.2) is 0 Å². The Balaban J connectivity index is 2.27. The lowest BCUT2D eigenvalue weighted by Crippen LogP contribution is -2.21. The van der Waals surface area contributed by atoms with Crippen LogP contribution in [0.4, 0.5) is 0 Å². The lowest BCUT2D eigenvalue weighted by Gasteiger charge is -2.22. The molecule has 2 nitrogen and oxygen atoms in total. The van der Waals surface area contributed by atoms with Gasteiger partial charge in [-0.1, -0.05) is 37.6 Å². The molecule has 0 radical (unpaired) electrons. The van der Waals surface area contributed by atoms with Crippen LogP contribution in [-0.4, -0.2) is 5.11 Å². The van der Waals surface area contributed by atoms with E-state index in [-0.39, 0.29) is 0 Å². The molecule has 0 amide bonds. The standard InChI is InChI=1S/C15H18O2/c1-3-4-12-5-7-13(8-6-12)15(2,16)14-9-10-17-11-14/h5-11,16H,3-4H2,1-2H3. The summed E-state index contributed by atoms with van der Waals surface area (Å²) in [5, 5.41) is 10.5. The van der Waals surface area contributed by atoms with Crippen LogP contribution >= 0.6 is 0 Å². The highest BCUT2D eigenvalue weighted by molar-refractivity contribution is 5.34. The van der Waals surface area contributed by atoms with Crippen molar-refractivity contribution in [3.8, 4) is 0 Å². The van der Waals surface area contributed by atoms with Gasteiger partial charge >= 0.3 is 0 Å². The van der Waals surface area contributed by atoms with Crippen molar-refractivity contribution in [2.24, 2.45) is 0 Å². The quantitative estimate of drug-likeness (QED) is 0.872. The molecule has 0 aliphatic rings. The van der Waals surface area contributed by atoms with Crippen molar-refractivity contribution >= 4 is 0 Å². The molecule has 1 N–H and O–H groups in total. The molecule has 0 fully saturated rings. The molecule has 0 saturated heterocycles. The zero-order valence-corrected chi connectivity index (χ0v) is 10.3. The SMILES string of the molecule is CCCc1ccc(C(C)(O)c2ccoc2)cc1. The molecule has 0 spiro atoms. The van der Waals surface area contributed by atoms with Crippen molar-refractivity contribution in [2.75, 3.05) is 0 Å².